The fraction of sp³-hybridized carbons (Fsp3) is 0.545. The van der Waals surface area contributed by atoms with Crippen molar-refractivity contribution in [2.45, 2.75) is 18.4 Å². The third kappa shape index (κ3) is 2.61. The molecule has 2 heterocycles. The van der Waals surface area contributed by atoms with E-state index in [1.807, 2.05) is 17.5 Å². The van der Waals surface area contributed by atoms with E-state index in [0.29, 0.717) is 19.6 Å². The van der Waals surface area contributed by atoms with Gasteiger partial charge in [-0.05, 0) is 11.4 Å². The van der Waals surface area contributed by atoms with E-state index in [4.69, 9.17) is 15.2 Å². The van der Waals surface area contributed by atoms with E-state index < -0.39 is 5.54 Å². The lowest BCUT2D eigenvalue weighted by atomic mass is 10.0. The van der Waals surface area contributed by atoms with Crippen molar-refractivity contribution in [2.24, 2.45) is 5.73 Å². The van der Waals surface area contributed by atoms with Crippen molar-refractivity contribution >= 4 is 17.3 Å². The van der Waals surface area contributed by atoms with E-state index in [0.717, 1.165) is 6.42 Å². The standard InChI is InChI=1S/C11H15NO3S/c12-11(4-6-14-8-11)10(13)15-5-3-9-2-1-7-16-9/h1-2,7H,3-6,8,12H2. The summed E-state index contributed by atoms with van der Waals surface area (Å²) in [4.78, 5) is 12.9. The molecule has 0 aromatic carbocycles. The number of rotatable bonds is 4. The molecule has 0 aliphatic carbocycles. The van der Waals surface area contributed by atoms with Gasteiger partial charge in [0.25, 0.3) is 0 Å². The molecule has 1 aliphatic heterocycles. The molecule has 2 rings (SSSR count). The maximum absolute atomic E-state index is 11.7. The molecular formula is C11H15NO3S. The Morgan fingerprint density at radius 2 is 2.56 bits per heavy atom. The van der Waals surface area contributed by atoms with Crippen molar-refractivity contribution in [3.05, 3.63) is 22.4 Å². The molecule has 1 aromatic rings. The van der Waals surface area contributed by atoms with Crippen LogP contribution in [0.4, 0.5) is 0 Å². The number of esters is 1. The Kier molecular flexibility index (Phi) is 3.58. The van der Waals surface area contributed by atoms with Gasteiger partial charge >= 0.3 is 5.97 Å². The SMILES string of the molecule is NC1(C(=O)OCCc2cccs2)CCOC1. The lowest BCUT2D eigenvalue weighted by Gasteiger charge is -2.19. The molecule has 1 unspecified atom stereocenters. The third-order valence-electron chi connectivity index (χ3n) is 2.62. The topological polar surface area (TPSA) is 61.6 Å². The maximum atomic E-state index is 11.7. The summed E-state index contributed by atoms with van der Waals surface area (Å²) in [6, 6.07) is 4.01. The van der Waals surface area contributed by atoms with E-state index in [1.54, 1.807) is 11.3 Å². The van der Waals surface area contributed by atoms with Gasteiger partial charge in [0.2, 0.25) is 0 Å². The fourth-order valence-corrected chi connectivity index (χ4v) is 2.27. The second kappa shape index (κ2) is 4.95. The monoisotopic (exact) mass is 241 g/mol. The van der Waals surface area contributed by atoms with Crippen LogP contribution in [-0.2, 0) is 20.7 Å². The third-order valence-corrected chi connectivity index (χ3v) is 3.56. The van der Waals surface area contributed by atoms with Gasteiger partial charge in [-0.25, -0.2) is 4.79 Å². The van der Waals surface area contributed by atoms with Crippen LogP contribution in [0.2, 0.25) is 0 Å². The Labute approximate surface area is 98.3 Å². The molecule has 1 saturated heterocycles. The number of carbonyl (C=O) groups excluding carboxylic acids is 1. The van der Waals surface area contributed by atoms with Crippen LogP contribution >= 0.6 is 11.3 Å². The first-order valence-electron chi connectivity index (χ1n) is 5.27. The Morgan fingerprint density at radius 3 is 3.19 bits per heavy atom. The van der Waals surface area contributed by atoms with Crippen LogP contribution in [0.5, 0.6) is 0 Å². The zero-order valence-corrected chi connectivity index (χ0v) is 9.79. The summed E-state index contributed by atoms with van der Waals surface area (Å²) in [6.07, 6.45) is 1.30. The number of thiophene rings is 1. The Morgan fingerprint density at radius 1 is 1.69 bits per heavy atom. The molecule has 0 radical (unpaired) electrons. The molecule has 0 amide bonds. The molecule has 0 spiro atoms. The predicted molar refractivity (Wildman–Crippen MR) is 61.3 cm³/mol. The Bertz CT molecular complexity index is 344. The Hall–Kier alpha value is -0.910. The zero-order chi connectivity index (χ0) is 11.4. The molecule has 2 N–H and O–H groups in total. The summed E-state index contributed by atoms with van der Waals surface area (Å²) >= 11 is 1.66. The largest absolute Gasteiger partial charge is 0.464 e. The number of carbonyl (C=O) groups is 1. The van der Waals surface area contributed by atoms with Crippen molar-refractivity contribution in [2.75, 3.05) is 19.8 Å². The summed E-state index contributed by atoms with van der Waals surface area (Å²) < 4.78 is 10.3. The van der Waals surface area contributed by atoms with Gasteiger partial charge in [0.15, 0.2) is 0 Å². The summed E-state index contributed by atoms with van der Waals surface area (Å²) in [6.45, 7) is 1.19. The molecule has 0 bridgehead atoms. The van der Waals surface area contributed by atoms with Gasteiger partial charge in [0.05, 0.1) is 13.2 Å². The molecule has 1 atom stereocenters. The van der Waals surface area contributed by atoms with Crippen LogP contribution in [0.3, 0.4) is 0 Å². The molecule has 88 valence electrons. The molecule has 1 aliphatic rings. The molecular weight excluding hydrogens is 226 g/mol. The van der Waals surface area contributed by atoms with E-state index in [-0.39, 0.29) is 12.6 Å². The molecule has 1 fully saturated rings. The second-order valence-corrected chi connectivity index (χ2v) is 4.96. The molecule has 5 heteroatoms. The van der Waals surface area contributed by atoms with Crippen molar-refractivity contribution in [3.63, 3.8) is 0 Å². The van der Waals surface area contributed by atoms with Crippen LogP contribution in [0.25, 0.3) is 0 Å². The van der Waals surface area contributed by atoms with Gasteiger partial charge in [0.1, 0.15) is 5.54 Å². The van der Waals surface area contributed by atoms with Gasteiger partial charge < -0.3 is 15.2 Å². The van der Waals surface area contributed by atoms with Gasteiger partial charge in [-0.3, -0.25) is 0 Å². The normalized spacial score (nSPS) is 24.6. The summed E-state index contributed by atoms with van der Waals surface area (Å²) in [5.41, 5.74) is 4.94. The van der Waals surface area contributed by atoms with Crippen LogP contribution in [0.15, 0.2) is 17.5 Å². The number of hydrogen-bond donors (Lipinski definition) is 1. The van der Waals surface area contributed by atoms with Gasteiger partial charge in [-0.15, -0.1) is 11.3 Å². The molecule has 16 heavy (non-hydrogen) atoms. The highest BCUT2D eigenvalue weighted by Gasteiger charge is 2.39. The van der Waals surface area contributed by atoms with E-state index in [1.165, 1.54) is 4.88 Å². The molecule has 1 aromatic heterocycles. The first-order chi connectivity index (χ1) is 7.71. The van der Waals surface area contributed by atoms with E-state index in [2.05, 4.69) is 0 Å². The quantitative estimate of drug-likeness (QED) is 0.797. The van der Waals surface area contributed by atoms with Gasteiger partial charge in [-0.1, -0.05) is 6.07 Å². The van der Waals surface area contributed by atoms with Gasteiger partial charge in [-0.2, -0.15) is 0 Å². The minimum atomic E-state index is -0.921. The average Bonchev–Trinajstić information content (AvgIpc) is 2.90. The van der Waals surface area contributed by atoms with Crippen LogP contribution in [0.1, 0.15) is 11.3 Å². The smallest absolute Gasteiger partial charge is 0.328 e. The highest BCUT2D eigenvalue weighted by atomic mass is 32.1. The summed E-state index contributed by atoms with van der Waals surface area (Å²) in [5, 5.41) is 2.01. The summed E-state index contributed by atoms with van der Waals surface area (Å²) in [5.74, 6) is -0.346. The minimum absolute atomic E-state index is 0.269. The zero-order valence-electron chi connectivity index (χ0n) is 8.98. The second-order valence-electron chi connectivity index (χ2n) is 3.92. The van der Waals surface area contributed by atoms with Crippen LogP contribution in [-0.4, -0.2) is 31.3 Å². The van der Waals surface area contributed by atoms with E-state index in [9.17, 15) is 4.79 Å². The fourth-order valence-electron chi connectivity index (χ4n) is 1.58. The van der Waals surface area contributed by atoms with Crippen molar-refractivity contribution in [3.8, 4) is 0 Å². The molecule has 4 nitrogen and oxygen atoms in total. The number of hydrogen-bond acceptors (Lipinski definition) is 5. The first kappa shape index (κ1) is 11.6. The van der Waals surface area contributed by atoms with Crippen LogP contribution < -0.4 is 5.73 Å². The van der Waals surface area contributed by atoms with E-state index >= 15 is 0 Å². The Balaban J connectivity index is 1.75. The lowest BCUT2D eigenvalue weighted by molar-refractivity contribution is -0.150. The van der Waals surface area contributed by atoms with Crippen LogP contribution in [0, 0.1) is 0 Å². The maximum Gasteiger partial charge on any atom is 0.328 e. The van der Waals surface area contributed by atoms with Gasteiger partial charge in [0, 0.05) is 24.3 Å². The lowest BCUT2D eigenvalue weighted by Crippen LogP contribution is -2.49. The average molecular weight is 241 g/mol. The first-order valence-corrected chi connectivity index (χ1v) is 6.15. The minimum Gasteiger partial charge on any atom is -0.464 e. The number of ether oxygens (including phenoxy) is 2. The highest BCUT2D eigenvalue weighted by Crippen LogP contribution is 2.17. The van der Waals surface area contributed by atoms with Crippen molar-refractivity contribution in [1.29, 1.82) is 0 Å². The predicted octanol–water partition coefficient (Wildman–Crippen LogP) is 0.952. The van der Waals surface area contributed by atoms with Crippen molar-refractivity contribution in [1.82, 2.24) is 0 Å². The van der Waals surface area contributed by atoms with Crippen molar-refractivity contribution < 1.29 is 14.3 Å². The molecule has 0 saturated carbocycles. The number of nitrogens with two attached hydrogens (primary N) is 1. The highest BCUT2D eigenvalue weighted by molar-refractivity contribution is 7.09. The summed E-state index contributed by atoms with van der Waals surface area (Å²) in [7, 11) is 0.